The van der Waals surface area contributed by atoms with Crippen LogP contribution in [0.1, 0.15) is 89.2 Å². The van der Waals surface area contributed by atoms with E-state index < -0.39 is 11.1 Å². The van der Waals surface area contributed by atoms with E-state index >= 15 is 0 Å². The van der Waals surface area contributed by atoms with E-state index in [1.165, 1.54) is 24.6 Å². The summed E-state index contributed by atoms with van der Waals surface area (Å²) in [5.41, 5.74) is -0.422. The Hall–Kier alpha value is -1.42. The molecule has 2 saturated carbocycles. The monoisotopic (exact) mass is 958 g/mol. The number of halogens is 3. The lowest BCUT2D eigenvalue weighted by Crippen LogP contribution is -2.55. The molecule has 3 fully saturated rings. The molecule has 0 bridgehead atoms. The number of rotatable bonds is 2. The number of aliphatic imine (C=N–C) groups is 1. The molecule has 270 valence electrons. The second-order valence-corrected chi connectivity index (χ2v) is 17.4. The maximum Gasteiger partial charge on any atom is 0.261 e. The Balaban J connectivity index is 0.000000165. The van der Waals surface area contributed by atoms with Crippen LogP contribution in [0.2, 0.25) is 0 Å². The van der Waals surface area contributed by atoms with E-state index in [9.17, 15) is 9.59 Å². The second-order valence-electron chi connectivity index (χ2n) is 14.4. The standard InChI is InChI=1S/C19H23BrN2O2S.C17H19BrN2O2S.CH3I/c1-4-12-7-8-18(10-12)11-19(16(23)22(2)17(21-19)25-3)14-9-13(20)5-6-15(14)24-18;1-2-10-5-6-16(8-10)9-17(14(21)19-15(23)20-17)12-7-11(18)3-4-13(12)22-16;1-2/h5-6,9,12H,4,7-8,10-11H2,1-3H3;3-4,7,10H,2,5-6,8-9H2,1H3,(H2,19,20,21,23);1H3. The highest BCUT2D eigenvalue weighted by Crippen LogP contribution is 2.56. The number of thioether (sulfide) groups is 1. The van der Waals surface area contributed by atoms with Gasteiger partial charge < -0.3 is 20.1 Å². The van der Waals surface area contributed by atoms with Gasteiger partial charge in [-0.1, -0.05) is 92.9 Å². The van der Waals surface area contributed by atoms with Crippen LogP contribution < -0.4 is 20.1 Å². The van der Waals surface area contributed by atoms with Gasteiger partial charge in [0.15, 0.2) is 21.4 Å². The number of carbonyl (C=O) groups is 2. The van der Waals surface area contributed by atoms with Gasteiger partial charge in [0.2, 0.25) is 0 Å². The molecule has 4 spiro atoms. The lowest BCUT2D eigenvalue weighted by molar-refractivity contribution is -0.134. The molecule has 2 aromatic carbocycles. The lowest BCUT2D eigenvalue weighted by Gasteiger charge is -2.44. The zero-order valence-electron chi connectivity index (χ0n) is 29.2. The van der Waals surface area contributed by atoms with Gasteiger partial charge in [-0.05, 0) is 110 Å². The zero-order valence-corrected chi connectivity index (χ0v) is 36.1. The summed E-state index contributed by atoms with van der Waals surface area (Å²) in [7, 11) is 1.83. The molecular formula is C37H45Br2IN4O4S2. The summed E-state index contributed by atoms with van der Waals surface area (Å²) in [4.78, 5) is 34.8. The van der Waals surface area contributed by atoms with Gasteiger partial charge in [0, 0.05) is 40.0 Å². The second kappa shape index (κ2) is 14.8. The van der Waals surface area contributed by atoms with Gasteiger partial charge in [0.1, 0.15) is 22.7 Å². The molecule has 2 aromatic rings. The van der Waals surface area contributed by atoms with Crippen LogP contribution in [-0.2, 0) is 20.7 Å². The fraction of sp³-hybridized carbons (Fsp3) is 0.568. The molecular weight excluding hydrogens is 915 g/mol. The topological polar surface area (TPSA) is 92.3 Å². The third-order valence-corrected chi connectivity index (χ3v) is 13.4. The van der Waals surface area contributed by atoms with Crippen LogP contribution in [0.15, 0.2) is 50.3 Å². The molecule has 8 rings (SSSR count). The Kier molecular flexibility index (Phi) is 11.3. The van der Waals surface area contributed by atoms with Crippen molar-refractivity contribution in [2.75, 3.05) is 18.2 Å². The molecule has 2 aliphatic carbocycles. The number of thiocarbonyl (C=S) groups is 1. The van der Waals surface area contributed by atoms with Crippen molar-refractivity contribution in [2.45, 2.75) is 100 Å². The summed E-state index contributed by atoms with van der Waals surface area (Å²) >= 11 is 16.0. The number of hydrogen-bond donors (Lipinski definition) is 2. The number of likely N-dealkylation sites (N-methyl/N-ethyl adjacent to an activating group) is 1. The van der Waals surface area contributed by atoms with E-state index in [4.69, 9.17) is 26.7 Å². The van der Waals surface area contributed by atoms with Crippen LogP contribution in [0, 0.1) is 11.8 Å². The third-order valence-electron chi connectivity index (χ3n) is 11.5. The van der Waals surface area contributed by atoms with E-state index in [2.05, 4.69) is 78.9 Å². The Bertz CT molecular complexity index is 1730. The summed E-state index contributed by atoms with van der Waals surface area (Å²) in [5.74, 6) is 2.96. The summed E-state index contributed by atoms with van der Waals surface area (Å²) in [6.07, 6.45) is 11.9. The number of ether oxygens (including phenoxy) is 2. The largest absolute Gasteiger partial charge is 0.487 e. The number of nitrogens with one attached hydrogen (secondary N) is 2. The summed E-state index contributed by atoms with van der Waals surface area (Å²) in [6.45, 7) is 4.47. The first-order valence-corrected chi connectivity index (χ1v) is 22.7. The Labute approximate surface area is 335 Å². The minimum atomic E-state index is -0.840. The molecule has 0 radical (unpaired) electrons. The molecule has 4 aliphatic heterocycles. The number of amides is 2. The molecule has 1 saturated heterocycles. The number of alkyl halides is 1. The van der Waals surface area contributed by atoms with Crippen molar-refractivity contribution in [3.05, 3.63) is 56.5 Å². The molecule has 2 N–H and O–H groups in total. The molecule has 4 heterocycles. The van der Waals surface area contributed by atoms with E-state index in [1.807, 2.05) is 54.6 Å². The molecule has 0 aromatic heterocycles. The predicted octanol–water partition coefficient (Wildman–Crippen LogP) is 9.00. The minimum Gasteiger partial charge on any atom is -0.487 e. The van der Waals surface area contributed by atoms with Crippen molar-refractivity contribution in [1.29, 1.82) is 0 Å². The van der Waals surface area contributed by atoms with Crippen LogP contribution in [0.25, 0.3) is 0 Å². The van der Waals surface area contributed by atoms with Crippen LogP contribution in [-0.4, -0.2) is 56.4 Å². The van der Waals surface area contributed by atoms with Crippen molar-refractivity contribution in [2.24, 2.45) is 16.8 Å². The molecule has 2 amide bonds. The molecule has 13 heteroatoms. The highest BCUT2D eigenvalue weighted by atomic mass is 127. The van der Waals surface area contributed by atoms with Crippen molar-refractivity contribution in [3.8, 4) is 11.5 Å². The number of nitrogens with zero attached hydrogens (tertiary/aromatic N) is 2. The van der Waals surface area contributed by atoms with Crippen LogP contribution >= 0.6 is 78.4 Å². The van der Waals surface area contributed by atoms with Gasteiger partial charge >= 0.3 is 0 Å². The van der Waals surface area contributed by atoms with E-state index in [1.54, 1.807) is 4.90 Å². The number of amidine groups is 1. The summed E-state index contributed by atoms with van der Waals surface area (Å²) < 4.78 is 14.9. The molecule has 6 aliphatic rings. The summed E-state index contributed by atoms with van der Waals surface area (Å²) in [6, 6.07) is 11.9. The SMILES string of the molecule is CCC1CCC2(C1)CC1(N=C(SC)N(C)C1=O)c1cc(Br)ccc1O2.CCC1CCC2(C1)CC1(NC(=S)NC1=O)c1cc(Br)ccc1O2.CI. The van der Waals surface area contributed by atoms with Gasteiger partial charge in [-0.25, -0.2) is 4.99 Å². The Morgan fingerprint density at radius 3 is 1.96 bits per heavy atom. The summed E-state index contributed by atoms with van der Waals surface area (Å²) in [5, 5.41) is 7.23. The molecule has 8 nitrogen and oxygen atoms in total. The average Bonchev–Trinajstić information content (AvgIpc) is 3.83. The smallest absolute Gasteiger partial charge is 0.261 e. The normalized spacial score (nSPS) is 33.2. The van der Waals surface area contributed by atoms with E-state index in [-0.39, 0.29) is 23.0 Å². The predicted molar refractivity (Wildman–Crippen MR) is 220 cm³/mol. The minimum absolute atomic E-state index is 0.0653. The fourth-order valence-corrected chi connectivity index (χ4v) is 10.6. The van der Waals surface area contributed by atoms with Crippen LogP contribution in [0.3, 0.4) is 0 Å². The quantitative estimate of drug-likeness (QED) is 0.177. The van der Waals surface area contributed by atoms with Crippen molar-refractivity contribution < 1.29 is 19.1 Å². The van der Waals surface area contributed by atoms with E-state index in [0.717, 1.165) is 75.3 Å². The Morgan fingerprint density at radius 1 is 0.940 bits per heavy atom. The number of hydrogen-bond acceptors (Lipinski definition) is 7. The zero-order chi connectivity index (χ0) is 36.1. The van der Waals surface area contributed by atoms with Crippen molar-refractivity contribution in [3.63, 3.8) is 0 Å². The highest BCUT2D eigenvalue weighted by Gasteiger charge is 2.60. The molecule has 6 atom stereocenters. The Morgan fingerprint density at radius 2 is 1.48 bits per heavy atom. The third kappa shape index (κ3) is 6.66. The van der Waals surface area contributed by atoms with Gasteiger partial charge in [0.05, 0.1) is 0 Å². The highest BCUT2D eigenvalue weighted by molar-refractivity contribution is 14.1. The lowest BCUT2D eigenvalue weighted by atomic mass is 9.75. The number of benzene rings is 2. The fourth-order valence-electron chi connectivity index (χ4n) is 9.05. The van der Waals surface area contributed by atoms with Crippen LogP contribution in [0.4, 0.5) is 0 Å². The first kappa shape index (κ1) is 38.3. The first-order chi connectivity index (χ1) is 23.9. The molecule has 50 heavy (non-hydrogen) atoms. The van der Waals surface area contributed by atoms with E-state index in [0.29, 0.717) is 29.8 Å². The molecule has 6 unspecified atom stereocenters. The van der Waals surface area contributed by atoms with Gasteiger partial charge in [0.25, 0.3) is 11.8 Å². The number of carbonyl (C=O) groups excluding carboxylic acids is 2. The maximum atomic E-state index is 13.3. The van der Waals surface area contributed by atoms with Crippen molar-refractivity contribution in [1.82, 2.24) is 15.5 Å². The van der Waals surface area contributed by atoms with Crippen molar-refractivity contribution >= 4 is 101 Å². The van der Waals surface area contributed by atoms with Crippen LogP contribution in [0.5, 0.6) is 11.5 Å². The average molecular weight is 961 g/mol. The first-order valence-electron chi connectivity index (χ1n) is 17.3. The number of fused-ring (bicyclic) bond motifs is 4. The van der Waals surface area contributed by atoms with Gasteiger partial charge in [-0.3, -0.25) is 14.5 Å². The van der Waals surface area contributed by atoms with Gasteiger partial charge in [-0.15, -0.1) is 0 Å². The maximum absolute atomic E-state index is 13.3. The van der Waals surface area contributed by atoms with Gasteiger partial charge in [-0.2, -0.15) is 0 Å².